The number of aromatic nitrogens is 1. The average Bonchev–Trinajstić information content (AvgIpc) is 3.09. The summed E-state index contributed by atoms with van der Waals surface area (Å²) in [7, 11) is 1.66. The number of thioether (sulfide) groups is 1. The molecule has 0 spiro atoms. The van der Waals surface area contributed by atoms with Crippen LogP contribution in [0.4, 0.5) is 0 Å². The summed E-state index contributed by atoms with van der Waals surface area (Å²) >= 11 is 15.7. The van der Waals surface area contributed by atoms with E-state index in [0.717, 1.165) is 21.6 Å². The molecule has 0 amide bonds. The van der Waals surface area contributed by atoms with Crippen LogP contribution in [0.25, 0.3) is 11.3 Å². The molecule has 0 unspecified atom stereocenters. The topological polar surface area (TPSA) is 38.9 Å². The lowest BCUT2D eigenvalue weighted by atomic mass is 10.2. The Labute approximate surface area is 182 Å². The molecule has 0 N–H and O–H groups in total. The van der Waals surface area contributed by atoms with Gasteiger partial charge in [0.15, 0.2) is 0 Å². The van der Waals surface area contributed by atoms with E-state index < -0.39 is 0 Å². The number of benzene rings is 2. The minimum absolute atomic E-state index is 0.550. The van der Waals surface area contributed by atoms with Gasteiger partial charge < -0.3 is 4.74 Å². The maximum atomic E-state index is 6.42. The summed E-state index contributed by atoms with van der Waals surface area (Å²) < 4.78 is 6.91. The molecule has 2 aromatic carbocycles. The first-order valence-corrected chi connectivity index (χ1v) is 11.3. The number of hydrogen-bond acceptors (Lipinski definition) is 5. The molecule has 0 aliphatic rings. The SMILES string of the molecule is COCCN=c1scc(-c2ccc(Cl)cc2Cl)n1/N=C\c1ccc(SC)cc1. The van der Waals surface area contributed by atoms with Gasteiger partial charge in [-0.1, -0.05) is 35.3 Å². The lowest BCUT2D eigenvalue weighted by molar-refractivity contribution is 0.207. The summed E-state index contributed by atoms with van der Waals surface area (Å²) in [4.78, 5) is 6.58. The summed E-state index contributed by atoms with van der Waals surface area (Å²) in [5.41, 5.74) is 2.72. The van der Waals surface area contributed by atoms with Gasteiger partial charge in [0.25, 0.3) is 0 Å². The predicted molar refractivity (Wildman–Crippen MR) is 121 cm³/mol. The van der Waals surface area contributed by atoms with Crippen molar-refractivity contribution >= 4 is 52.5 Å². The molecule has 0 atom stereocenters. The minimum Gasteiger partial charge on any atom is -0.383 e. The molecule has 0 aliphatic heterocycles. The second kappa shape index (κ2) is 10.3. The number of nitrogens with zero attached hydrogens (tertiary/aromatic N) is 3. The van der Waals surface area contributed by atoms with E-state index in [1.54, 1.807) is 29.6 Å². The van der Waals surface area contributed by atoms with Crippen LogP contribution in [0.3, 0.4) is 0 Å². The van der Waals surface area contributed by atoms with Crippen LogP contribution in [0.15, 0.2) is 62.8 Å². The molecule has 0 aliphatic carbocycles. The van der Waals surface area contributed by atoms with Crippen LogP contribution >= 0.6 is 46.3 Å². The van der Waals surface area contributed by atoms with Crippen molar-refractivity contribution in [2.45, 2.75) is 4.90 Å². The summed E-state index contributed by atoms with van der Waals surface area (Å²) in [5.74, 6) is 0. The van der Waals surface area contributed by atoms with Crippen molar-refractivity contribution in [2.75, 3.05) is 26.5 Å². The van der Waals surface area contributed by atoms with Crippen molar-refractivity contribution in [1.82, 2.24) is 4.68 Å². The fraction of sp³-hybridized carbons (Fsp3) is 0.200. The Morgan fingerprint density at radius 2 is 1.96 bits per heavy atom. The molecular weight excluding hydrogens is 433 g/mol. The van der Waals surface area contributed by atoms with Gasteiger partial charge in [0, 0.05) is 28.0 Å². The highest BCUT2D eigenvalue weighted by atomic mass is 35.5. The molecule has 1 aromatic heterocycles. The Morgan fingerprint density at radius 1 is 1.18 bits per heavy atom. The lowest BCUT2D eigenvalue weighted by Crippen LogP contribution is -2.13. The van der Waals surface area contributed by atoms with Gasteiger partial charge in [0.2, 0.25) is 4.80 Å². The summed E-state index contributed by atoms with van der Waals surface area (Å²) in [6, 6.07) is 13.7. The molecule has 8 heteroatoms. The third-order valence-corrected chi connectivity index (χ3v) is 6.02. The van der Waals surface area contributed by atoms with Gasteiger partial charge in [-0.3, -0.25) is 4.99 Å². The van der Waals surface area contributed by atoms with Crippen molar-refractivity contribution in [3.05, 3.63) is 68.3 Å². The lowest BCUT2D eigenvalue weighted by Gasteiger charge is -2.06. The van der Waals surface area contributed by atoms with E-state index in [4.69, 9.17) is 27.9 Å². The third-order valence-electron chi connectivity index (χ3n) is 3.87. The van der Waals surface area contributed by atoms with Crippen LogP contribution in [0.5, 0.6) is 0 Å². The molecule has 28 heavy (non-hydrogen) atoms. The first kappa shape index (κ1) is 21.1. The van der Waals surface area contributed by atoms with E-state index >= 15 is 0 Å². The Hall–Kier alpha value is -1.57. The van der Waals surface area contributed by atoms with Crippen LogP contribution in [0.2, 0.25) is 10.0 Å². The van der Waals surface area contributed by atoms with Crippen molar-refractivity contribution < 1.29 is 4.74 Å². The number of thiazole rings is 1. The number of methoxy groups -OCH3 is 1. The van der Waals surface area contributed by atoms with Crippen LogP contribution in [0.1, 0.15) is 5.56 Å². The van der Waals surface area contributed by atoms with Crippen molar-refractivity contribution in [1.29, 1.82) is 0 Å². The molecule has 0 saturated carbocycles. The Morgan fingerprint density at radius 3 is 2.64 bits per heavy atom. The van der Waals surface area contributed by atoms with E-state index in [0.29, 0.717) is 23.2 Å². The summed E-state index contributed by atoms with van der Waals surface area (Å²) in [6.07, 6.45) is 3.87. The molecule has 0 fully saturated rings. The largest absolute Gasteiger partial charge is 0.383 e. The van der Waals surface area contributed by atoms with Crippen molar-refractivity contribution in [3.63, 3.8) is 0 Å². The fourth-order valence-electron chi connectivity index (χ4n) is 2.45. The van der Waals surface area contributed by atoms with Crippen molar-refractivity contribution in [3.8, 4) is 11.3 Å². The maximum absolute atomic E-state index is 6.42. The van der Waals surface area contributed by atoms with Gasteiger partial charge in [0.1, 0.15) is 0 Å². The van der Waals surface area contributed by atoms with Gasteiger partial charge in [-0.15, -0.1) is 23.1 Å². The van der Waals surface area contributed by atoms with Crippen LogP contribution in [0, 0.1) is 0 Å². The first-order valence-electron chi connectivity index (χ1n) is 8.46. The molecule has 0 bridgehead atoms. The second-order valence-corrected chi connectivity index (χ2v) is 8.29. The normalized spacial score (nSPS) is 12.2. The third kappa shape index (κ3) is 5.27. The fourth-order valence-corrected chi connectivity index (χ4v) is 4.22. The Kier molecular flexibility index (Phi) is 7.76. The molecule has 1 heterocycles. The molecule has 146 valence electrons. The van der Waals surface area contributed by atoms with Gasteiger partial charge in [-0.2, -0.15) is 5.10 Å². The van der Waals surface area contributed by atoms with Gasteiger partial charge >= 0.3 is 0 Å². The monoisotopic (exact) mass is 451 g/mol. The number of rotatable bonds is 7. The molecule has 0 saturated heterocycles. The van der Waals surface area contributed by atoms with Crippen LogP contribution in [-0.4, -0.2) is 37.4 Å². The van der Waals surface area contributed by atoms with E-state index in [1.807, 2.05) is 35.9 Å². The second-order valence-electron chi connectivity index (χ2n) is 5.73. The minimum atomic E-state index is 0.550. The summed E-state index contributed by atoms with van der Waals surface area (Å²) in [5, 5.41) is 7.84. The van der Waals surface area contributed by atoms with Crippen LogP contribution < -0.4 is 4.80 Å². The highest BCUT2D eigenvalue weighted by molar-refractivity contribution is 7.98. The Balaban J connectivity index is 2.03. The Bertz CT molecular complexity index is 1030. The zero-order valence-electron chi connectivity index (χ0n) is 15.4. The highest BCUT2D eigenvalue weighted by Gasteiger charge is 2.11. The number of halogens is 2. The molecular formula is C20H19Cl2N3OS2. The molecule has 3 rings (SSSR count). The van der Waals surface area contributed by atoms with E-state index in [-0.39, 0.29) is 0 Å². The zero-order chi connectivity index (χ0) is 19.9. The van der Waals surface area contributed by atoms with Crippen molar-refractivity contribution in [2.24, 2.45) is 10.1 Å². The number of ether oxygens (including phenoxy) is 1. The first-order chi connectivity index (χ1) is 13.6. The van der Waals surface area contributed by atoms with Gasteiger partial charge in [-0.25, -0.2) is 4.68 Å². The zero-order valence-corrected chi connectivity index (χ0v) is 18.6. The van der Waals surface area contributed by atoms with Crippen LogP contribution in [-0.2, 0) is 4.74 Å². The highest BCUT2D eigenvalue weighted by Crippen LogP contribution is 2.30. The van der Waals surface area contributed by atoms with E-state index in [9.17, 15) is 0 Å². The van der Waals surface area contributed by atoms with E-state index in [1.165, 1.54) is 16.2 Å². The molecule has 4 nitrogen and oxygen atoms in total. The maximum Gasteiger partial charge on any atom is 0.206 e. The van der Waals surface area contributed by atoms with Gasteiger partial charge in [0.05, 0.1) is 30.1 Å². The summed E-state index contributed by atoms with van der Waals surface area (Å²) in [6.45, 7) is 1.11. The molecule has 0 radical (unpaired) electrons. The predicted octanol–water partition coefficient (Wildman–Crippen LogP) is 5.67. The van der Waals surface area contributed by atoms with Gasteiger partial charge in [-0.05, 0) is 42.2 Å². The molecule has 3 aromatic rings. The standard InChI is InChI=1S/C20H19Cl2N3OS2/c1-26-10-9-23-20-25(24-12-14-3-6-16(27-2)7-4-14)19(13-28-20)17-8-5-15(21)11-18(17)22/h3-8,11-13H,9-10H2,1-2H3/b23-20?,24-12-. The average molecular weight is 452 g/mol. The smallest absolute Gasteiger partial charge is 0.206 e. The quantitative estimate of drug-likeness (QED) is 0.263. The van der Waals surface area contributed by atoms with E-state index in [2.05, 4.69) is 28.5 Å². The number of hydrogen-bond donors (Lipinski definition) is 0.